The zero-order chi connectivity index (χ0) is 20.4. The van der Waals surface area contributed by atoms with Crippen molar-refractivity contribution in [3.63, 3.8) is 0 Å². The number of anilines is 1. The van der Waals surface area contributed by atoms with E-state index in [2.05, 4.69) is 10.6 Å². The summed E-state index contributed by atoms with van der Waals surface area (Å²) in [5.41, 5.74) is 1.96. The molecule has 1 spiro atoms. The fourth-order valence-corrected chi connectivity index (χ4v) is 4.41. The molecule has 2 aromatic rings. The molecule has 4 rings (SSSR count). The fourth-order valence-electron chi connectivity index (χ4n) is 4.41. The molecule has 0 unspecified atom stereocenters. The summed E-state index contributed by atoms with van der Waals surface area (Å²) in [6.45, 7) is 5.36. The Morgan fingerprint density at radius 1 is 1.03 bits per heavy atom. The van der Waals surface area contributed by atoms with Crippen molar-refractivity contribution >= 4 is 29.9 Å². The fraction of sp³-hybridized carbons (Fsp3) is 0.391. The van der Waals surface area contributed by atoms with Crippen LogP contribution in [0.5, 0.6) is 0 Å². The van der Waals surface area contributed by atoms with Gasteiger partial charge < -0.3 is 15.5 Å². The maximum atomic E-state index is 14.0. The number of nitrogens with zero attached hydrogens (tertiary/aromatic N) is 1. The number of hydrogen-bond donors (Lipinski definition) is 2. The normalized spacial score (nSPS) is 17.5. The van der Waals surface area contributed by atoms with Gasteiger partial charge in [-0.25, -0.2) is 4.39 Å². The molecule has 30 heavy (non-hydrogen) atoms. The number of amides is 2. The Hall–Kier alpha value is -2.44. The van der Waals surface area contributed by atoms with Gasteiger partial charge in [-0.05, 0) is 61.9 Å². The van der Waals surface area contributed by atoms with Crippen molar-refractivity contribution in [1.29, 1.82) is 0 Å². The minimum absolute atomic E-state index is 0. The number of aryl methyl sites for hydroxylation is 1. The van der Waals surface area contributed by atoms with E-state index in [1.807, 2.05) is 24.0 Å². The van der Waals surface area contributed by atoms with Gasteiger partial charge in [-0.3, -0.25) is 9.59 Å². The van der Waals surface area contributed by atoms with Gasteiger partial charge in [-0.1, -0.05) is 24.3 Å². The highest BCUT2D eigenvalue weighted by Gasteiger charge is 2.38. The lowest BCUT2D eigenvalue weighted by atomic mass is 9.77. The second-order valence-electron chi connectivity index (χ2n) is 8.15. The first-order valence-electron chi connectivity index (χ1n) is 10.1. The number of carbonyl (C=O) groups excluding carboxylic acids is 2. The first kappa shape index (κ1) is 22.2. The van der Waals surface area contributed by atoms with Crippen LogP contribution in [0.4, 0.5) is 10.1 Å². The number of nitrogens with one attached hydrogen (secondary N) is 2. The SMILES string of the molecule is Cc1cccc(C(=O)N2CCC3(CCNC3)CC2)c1NC(=O)c1ccccc1F.Cl. The molecule has 0 radical (unpaired) electrons. The van der Waals surface area contributed by atoms with E-state index in [-0.39, 0.29) is 23.9 Å². The Balaban J connectivity index is 0.00000256. The van der Waals surface area contributed by atoms with Crippen LogP contribution in [0.25, 0.3) is 0 Å². The Bertz CT molecular complexity index is 934. The van der Waals surface area contributed by atoms with Crippen LogP contribution in [-0.4, -0.2) is 42.9 Å². The van der Waals surface area contributed by atoms with Crippen molar-refractivity contribution < 1.29 is 14.0 Å². The summed E-state index contributed by atoms with van der Waals surface area (Å²) in [5.74, 6) is -1.22. The van der Waals surface area contributed by atoms with Gasteiger partial charge in [0.1, 0.15) is 5.82 Å². The van der Waals surface area contributed by atoms with Gasteiger partial charge in [-0.2, -0.15) is 0 Å². The van der Waals surface area contributed by atoms with E-state index < -0.39 is 11.7 Å². The third-order valence-corrected chi connectivity index (χ3v) is 6.30. The van der Waals surface area contributed by atoms with Crippen molar-refractivity contribution in [2.45, 2.75) is 26.2 Å². The Kier molecular flexibility index (Phi) is 6.78. The van der Waals surface area contributed by atoms with Gasteiger partial charge in [-0.15, -0.1) is 12.4 Å². The Morgan fingerprint density at radius 3 is 2.40 bits per heavy atom. The molecule has 0 bridgehead atoms. The molecular weight excluding hydrogens is 405 g/mol. The van der Waals surface area contributed by atoms with E-state index in [1.54, 1.807) is 12.1 Å². The zero-order valence-electron chi connectivity index (χ0n) is 17.0. The van der Waals surface area contributed by atoms with Crippen molar-refractivity contribution in [3.05, 3.63) is 65.0 Å². The number of para-hydroxylation sites is 1. The maximum absolute atomic E-state index is 14.0. The van der Waals surface area contributed by atoms with Crippen molar-refractivity contribution in [2.24, 2.45) is 5.41 Å². The monoisotopic (exact) mass is 431 g/mol. The quantitative estimate of drug-likeness (QED) is 0.771. The number of halogens is 2. The number of benzene rings is 2. The average molecular weight is 432 g/mol. The van der Waals surface area contributed by atoms with E-state index in [9.17, 15) is 14.0 Å². The lowest BCUT2D eigenvalue weighted by molar-refractivity contribution is 0.0608. The van der Waals surface area contributed by atoms with Gasteiger partial charge in [0, 0.05) is 19.6 Å². The molecule has 2 saturated heterocycles. The van der Waals surface area contributed by atoms with Crippen LogP contribution >= 0.6 is 12.4 Å². The molecule has 160 valence electrons. The third-order valence-electron chi connectivity index (χ3n) is 6.30. The largest absolute Gasteiger partial charge is 0.339 e. The van der Waals surface area contributed by atoms with Crippen molar-refractivity contribution in [2.75, 3.05) is 31.5 Å². The van der Waals surface area contributed by atoms with Crippen molar-refractivity contribution in [3.8, 4) is 0 Å². The summed E-state index contributed by atoms with van der Waals surface area (Å²) >= 11 is 0. The molecule has 2 amide bonds. The first-order valence-corrected chi connectivity index (χ1v) is 10.1. The molecular formula is C23H27ClFN3O2. The number of piperidine rings is 1. The van der Waals surface area contributed by atoms with E-state index in [4.69, 9.17) is 0 Å². The second kappa shape index (κ2) is 9.14. The molecule has 2 aliphatic heterocycles. The van der Waals surface area contributed by atoms with Gasteiger partial charge >= 0.3 is 0 Å². The molecule has 2 aromatic carbocycles. The highest BCUT2D eigenvalue weighted by molar-refractivity contribution is 6.09. The van der Waals surface area contributed by atoms with E-state index in [0.717, 1.165) is 44.6 Å². The highest BCUT2D eigenvalue weighted by atomic mass is 35.5. The van der Waals surface area contributed by atoms with Crippen LogP contribution in [-0.2, 0) is 0 Å². The van der Waals surface area contributed by atoms with Gasteiger partial charge in [0.2, 0.25) is 0 Å². The second-order valence-corrected chi connectivity index (χ2v) is 8.15. The van der Waals surface area contributed by atoms with Crippen LogP contribution in [0.1, 0.15) is 45.5 Å². The standard InChI is InChI=1S/C23H26FN3O2.ClH/c1-16-5-4-7-18(20(16)26-21(28)17-6-2-3-8-19(17)24)22(29)27-13-10-23(11-14-27)9-12-25-15-23;/h2-8,25H,9-15H2,1H3,(H,26,28);1H. The lowest BCUT2D eigenvalue weighted by Gasteiger charge is -2.39. The molecule has 7 heteroatoms. The molecule has 0 aromatic heterocycles. The van der Waals surface area contributed by atoms with Gasteiger partial charge in [0.15, 0.2) is 0 Å². The lowest BCUT2D eigenvalue weighted by Crippen LogP contribution is -2.44. The summed E-state index contributed by atoms with van der Waals surface area (Å²) in [6, 6.07) is 11.2. The van der Waals surface area contributed by atoms with Crippen LogP contribution in [0.15, 0.2) is 42.5 Å². The number of hydrogen-bond acceptors (Lipinski definition) is 3. The van der Waals surface area contributed by atoms with E-state index in [1.165, 1.54) is 24.6 Å². The molecule has 0 atom stereocenters. The molecule has 5 nitrogen and oxygen atoms in total. The first-order chi connectivity index (χ1) is 14.0. The van der Waals surface area contributed by atoms with Crippen LogP contribution in [0, 0.1) is 18.2 Å². The average Bonchev–Trinajstić information content (AvgIpc) is 3.18. The molecule has 2 heterocycles. The highest BCUT2D eigenvalue weighted by Crippen LogP contribution is 2.37. The van der Waals surface area contributed by atoms with Gasteiger partial charge in [0.05, 0.1) is 16.8 Å². The van der Waals surface area contributed by atoms with Crippen molar-refractivity contribution in [1.82, 2.24) is 10.2 Å². The van der Waals surface area contributed by atoms with Gasteiger partial charge in [0.25, 0.3) is 11.8 Å². The summed E-state index contributed by atoms with van der Waals surface area (Å²) < 4.78 is 14.0. The molecule has 0 aliphatic carbocycles. The third kappa shape index (κ3) is 4.35. The van der Waals surface area contributed by atoms with E-state index >= 15 is 0 Å². The van der Waals surface area contributed by atoms with Crippen LogP contribution in [0.2, 0.25) is 0 Å². The van der Waals surface area contributed by atoms with E-state index in [0.29, 0.717) is 16.7 Å². The van der Waals surface area contributed by atoms with Crippen LogP contribution in [0.3, 0.4) is 0 Å². The minimum atomic E-state index is -0.585. The number of rotatable bonds is 3. The molecule has 2 fully saturated rings. The van der Waals surface area contributed by atoms with Crippen LogP contribution < -0.4 is 10.6 Å². The zero-order valence-corrected chi connectivity index (χ0v) is 17.9. The summed E-state index contributed by atoms with van der Waals surface area (Å²) in [6.07, 6.45) is 3.16. The molecule has 0 saturated carbocycles. The molecule has 2 N–H and O–H groups in total. The topological polar surface area (TPSA) is 61.4 Å². The summed E-state index contributed by atoms with van der Waals surface area (Å²) in [5, 5.41) is 6.20. The summed E-state index contributed by atoms with van der Waals surface area (Å²) in [7, 11) is 0. The number of carbonyl (C=O) groups is 2. The smallest absolute Gasteiger partial charge is 0.258 e. The predicted molar refractivity (Wildman–Crippen MR) is 118 cm³/mol. The maximum Gasteiger partial charge on any atom is 0.258 e. The number of likely N-dealkylation sites (tertiary alicyclic amines) is 1. The Morgan fingerprint density at radius 2 is 1.73 bits per heavy atom. The Labute approximate surface area is 182 Å². The molecule has 2 aliphatic rings. The predicted octanol–water partition coefficient (Wildman–Crippen LogP) is 4.02. The minimum Gasteiger partial charge on any atom is -0.339 e. The summed E-state index contributed by atoms with van der Waals surface area (Å²) in [4.78, 5) is 27.7.